The van der Waals surface area contributed by atoms with E-state index >= 15 is 0 Å². The molecule has 0 saturated carbocycles. The van der Waals surface area contributed by atoms with Crippen LogP contribution in [-0.4, -0.2) is 28.9 Å². The number of H-pyrrole nitrogens is 1. The molecule has 2 aromatic rings. The summed E-state index contributed by atoms with van der Waals surface area (Å²) in [6.07, 6.45) is 4.14. The molecule has 1 fully saturated rings. The van der Waals surface area contributed by atoms with Crippen LogP contribution >= 0.6 is 0 Å². The molecule has 2 heterocycles. The molecule has 1 aliphatic rings. The number of aromatic nitrogens is 1. The number of fused-ring (bicyclic) bond motifs is 1. The molecule has 0 bridgehead atoms. The second-order valence-electron chi connectivity index (χ2n) is 7.21. The van der Waals surface area contributed by atoms with E-state index in [1.54, 1.807) is 0 Å². The highest BCUT2D eigenvalue weighted by Crippen LogP contribution is 2.34. The van der Waals surface area contributed by atoms with Gasteiger partial charge in [0.25, 0.3) is 5.91 Å². The normalized spacial score (nSPS) is 17.4. The van der Waals surface area contributed by atoms with Gasteiger partial charge in [-0.05, 0) is 48.4 Å². The fourth-order valence-corrected chi connectivity index (χ4v) is 3.32. The predicted octanol–water partition coefficient (Wildman–Crippen LogP) is 4.07. The molecular weight excluding hydrogens is 260 g/mol. The SMILES string of the molecule is CC(C)(C)C1CCN(C(=O)c2ccc3[nH]ccc3c2)CC1. The predicted molar refractivity (Wildman–Crippen MR) is 86.4 cm³/mol. The fraction of sp³-hybridized carbons (Fsp3) is 0.500. The first-order valence-corrected chi connectivity index (χ1v) is 7.81. The zero-order valence-electron chi connectivity index (χ0n) is 13.1. The molecule has 1 N–H and O–H groups in total. The smallest absolute Gasteiger partial charge is 0.253 e. The van der Waals surface area contributed by atoms with Gasteiger partial charge in [0.1, 0.15) is 0 Å². The van der Waals surface area contributed by atoms with Crippen LogP contribution in [0.4, 0.5) is 0 Å². The number of likely N-dealkylation sites (tertiary alicyclic amines) is 1. The Hall–Kier alpha value is -1.77. The maximum atomic E-state index is 12.6. The summed E-state index contributed by atoms with van der Waals surface area (Å²) in [6.45, 7) is 8.66. The number of piperidine rings is 1. The third-order valence-corrected chi connectivity index (χ3v) is 4.81. The van der Waals surface area contributed by atoms with Gasteiger partial charge in [-0.1, -0.05) is 20.8 Å². The van der Waals surface area contributed by atoms with E-state index in [2.05, 4.69) is 25.8 Å². The van der Waals surface area contributed by atoms with Crippen molar-refractivity contribution in [2.75, 3.05) is 13.1 Å². The second kappa shape index (κ2) is 5.21. The third-order valence-electron chi connectivity index (χ3n) is 4.81. The molecule has 1 aromatic heterocycles. The number of carbonyl (C=O) groups excluding carboxylic acids is 1. The van der Waals surface area contributed by atoms with Crippen LogP contribution in [-0.2, 0) is 0 Å². The lowest BCUT2D eigenvalue weighted by molar-refractivity contribution is 0.0609. The van der Waals surface area contributed by atoms with Crippen molar-refractivity contribution in [3.63, 3.8) is 0 Å². The topological polar surface area (TPSA) is 36.1 Å². The van der Waals surface area contributed by atoms with Crippen molar-refractivity contribution in [1.29, 1.82) is 0 Å². The maximum absolute atomic E-state index is 12.6. The Balaban J connectivity index is 1.71. The van der Waals surface area contributed by atoms with Crippen LogP contribution in [0.2, 0.25) is 0 Å². The average molecular weight is 284 g/mol. The van der Waals surface area contributed by atoms with Gasteiger partial charge in [0, 0.05) is 35.8 Å². The number of benzene rings is 1. The Kier molecular flexibility index (Phi) is 3.52. The van der Waals surface area contributed by atoms with Crippen molar-refractivity contribution in [3.8, 4) is 0 Å². The van der Waals surface area contributed by atoms with Crippen LogP contribution in [0.1, 0.15) is 44.0 Å². The standard InChI is InChI=1S/C18H24N2O/c1-18(2,3)15-7-10-20(11-8-15)17(21)14-4-5-16-13(12-14)6-9-19-16/h4-6,9,12,15,19H,7-8,10-11H2,1-3H3. The molecule has 3 heteroatoms. The monoisotopic (exact) mass is 284 g/mol. The molecule has 3 nitrogen and oxygen atoms in total. The number of nitrogens with one attached hydrogen (secondary N) is 1. The van der Waals surface area contributed by atoms with Crippen LogP contribution in [0.25, 0.3) is 10.9 Å². The molecule has 0 radical (unpaired) electrons. The lowest BCUT2D eigenvalue weighted by Gasteiger charge is -2.38. The van der Waals surface area contributed by atoms with E-state index in [-0.39, 0.29) is 5.91 Å². The van der Waals surface area contributed by atoms with Crippen molar-refractivity contribution in [2.24, 2.45) is 11.3 Å². The first kappa shape index (κ1) is 14.2. The van der Waals surface area contributed by atoms with Gasteiger partial charge in [-0.2, -0.15) is 0 Å². The quantitative estimate of drug-likeness (QED) is 0.842. The number of nitrogens with zero attached hydrogens (tertiary/aromatic N) is 1. The lowest BCUT2D eigenvalue weighted by atomic mass is 9.75. The zero-order chi connectivity index (χ0) is 15.0. The van der Waals surface area contributed by atoms with Crippen molar-refractivity contribution in [1.82, 2.24) is 9.88 Å². The van der Waals surface area contributed by atoms with Gasteiger partial charge < -0.3 is 9.88 Å². The van der Waals surface area contributed by atoms with Crippen LogP contribution in [0, 0.1) is 11.3 Å². The van der Waals surface area contributed by atoms with E-state index in [0.29, 0.717) is 11.3 Å². The van der Waals surface area contributed by atoms with Crippen LogP contribution in [0.3, 0.4) is 0 Å². The van der Waals surface area contributed by atoms with Crippen LogP contribution in [0.5, 0.6) is 0 Å². The Morgan fingerprint density at radius 3 is 2.57 bits per heavy atom. The summed E-state index contributed by atoms with van der Waals surface area (Å²) >= 11 is 0. The van der Waals surface area contributed by atoms with E-state index in [1.165, 1.54) is 0 Å². The molecule has 3 rings (SSSR count). The van der Waals surface area contributed by atoms with Crippen LogP contribution < -0.4 is 0 Å². The van der Waals surface area contributed by atoms with Gasteiger partial charge >= 0.3 is 0 Å². The maximum Gasteiger partial charge on any atom is 0.253 e. The summed E-state index contributed by atoms with van der Waals surface area (Å²) in [7, 11) is 0. The van der Waals surface area contributed by atoms with Crippen molar-refractivity contribution in [2.45, 2.75) is 33.6 Å². The van der Waals surface area contributed by atoms with Gasteiger partial charge in [0.2, 0.25) is 0 Å². The summed E-state index contributed by atoms with van der Waals surface area (Å²) in [5, 5.41) is 1.10. The summed E-state index contributed by atoms with van der Waals surface area (Å²) in [5.74, 6) is 0.888. The molecule has 112 valence electrons. The largest absolute Gasteiger partial charge is 0.361 e. The highest BCUT2D eigenvalue weighted by molar-refractivity contribution is 5.98. The fourth-order valence-electron chi connectivity index (χ4n) is 3.32. The molecular formula is C18H24N2O. The highest BCUT2D eigenvalue weighted by atomic mass is 16.2. The molecule has 0 unspecified atom stereocenters. The molecule has 1 amide bonds. The van der Waals surface area contributed by atoms with Gasteiger partial charge in [-0.3, -0.25) is 4.79 Å². The number of amides is 1. The Morgan fingerprint density at radius 1 is 1.19 bits per heavy atom. The third kappa shape index (κ3) is 2.82. The number of aromatic amines is 1. The van der Waals surface area contributed by atoms with Gasteiger partial charge in [0.15, 0.2) is 0 Å². The van der Waals surface area contributed by atoms with Crippen molar-refractivity contribution < 1.29 is 4.79 Å². The number of carbonyl (C=O) groups is 1. The van der Waals surface area contributed by atoms with E-state index in [0.717, 1.165) is 42.4 Å². The minimum atomic E-state index is 0.172. The molecule has 21 heavy (non-hydrogen) atoms. The summed E-state index contributed by atoms with van der Waals surface area (Å²) in [5.41, 5.74) is 2.23. The van der Waals surface area contributed by atoms with E-state index in [4.69, 9.17) is 0 Å². The molecule has 1 saturated heterocycles. The van der Waals surface area contributed by atoms with E-state index in [1.807, 2.05) is 35.4 Å². The Morgan fingerprint density at radius 2 is 1.90 bits per heavy atom. The van der Waals surface area contributed by atoms with Crippen molar-refractivity contribution >= 4 is 16.8 Å². The molecule has 1 aromatic carbocycles. The first-order valence-electron chi connectivity index (χ1n) is 7.81. The number of rotatable bonds is 1. The second-order valence-corrected chi connectivity index (χ2v) is 7.21. The zero-order valence-corrected chi connectivity index (χ0v) is 13.1. The Bertz CT molecular complexity index is 643. The number of hydrogen-bond acceptors (Lipinski definition) is 1. The summed E-state index contributed by atoms with van der Waals surface area (Å²) in [6, 6.07) is 7.92. The highest BCUT2D eigenvalue weighted by Gasteiger charge is 2.30. The first-order chi connectivity index (χ1) is 9.95. The molecule has 0 aliphatic carbocycles. The number of hydrogen-bond donors (Lipinski definition) is 1. The molecule has 1 aliphatic heterocycles. The van der Waals surface area contributed by atoms with Gasteiger partial charge in [-0.15, -0.1) is 0 Å². The summed E-state index contributed by atoms with van der Waals surface area (Å²) < 4.78 is 0. The van der Waals surface area contributed by atoms with E-state index < -0.39 is 0 Å². The van der Waals surface area contributed by atoms with Gasteiger partial charge in [-0.25, -0.2) is 0 Å². The minimum absolute atomic E-state index is 0.172. The van der Waals surface area contributed by atoms with Gasteiger partial charge in [0.05, 0.1) is 0 Å². The lowest BCUT2D eigenvalue weighted by Crippen LogP contribution is -2.41. The van der Waals surface area contributed by atoms with Crippen LogP contribution in [0.15, 0.2) is 30.5 Å². The molecule has 0 atom stereocenters. The summed E-state index contributed by atoms with van der Waals surface area (Å²) in [4.78, 5) is 17.8. The minimum Gasteiger partial charge on any atom is -0.361 e. The average Bonchev–Trinajstić information content (AvgIpc) is 2.93. The van der Waals surface area contributed by atoms with Crippen molar-refractivity contribution in [3.05, 3.63) is 36.0 Å². The van der Waals surface area contributed by atoms with E-state index in [9.17, 15) is 4.79 Å². The Labute approximate surface area is 126 Å². The molecule has 0 spiro atoms.